The summed E-state index contributed by atoms with van der Waals surface area (Å²) in [4.78, 5) is 13.3. The predicted octanol–water partition coefficient (Wildman–Crippen LogP) is 12.6. The van der Waals surface area contributed by atoms with Gasteiger partial charge >= 0.3 is 0 Å². The lowest BCUT2D eigenvalue weighted by Gasteiger charge is -2.46. The first-order chi connectivity index (χ1) is 38.6. The molecule has 2 aliphatic rings. The number of nitrogens with one attached hydrogen (secondary N) is 1. The Balaban J connectivity index is 1.65. The van der Waals surface area contributed by atoms with Gasteiger partial charge in [-0.25, -0.2) is 0 Å². The summed E-state index contributed by atoms with van der Waals surface area (Å²) in [6.07, 6.45) is 44.2. The first kappa shape index (κ1) is 73.8. The molecule has 0 radical (unpaired) electrons. The summed E-state index contributed by atoms with van der Waals surface area (Å²) in [5.41, 5.74) is 0. The molecule has 2 fully saturated rings. The van der Waals surface area contributed by atoms with Crippen LogP contribution in [0.3, 0.4) is 0 Å². The molecular weight excluding hydrogens is 1000 g/mol. The molecule has 0 bridgehead atoms. The predicted molar refractivity (Wildman–Crippen MR) is 319 cm³/mol. The van der Waals surface area contributed by atoms with Crippen LogP contribution in [0, 0.1) is 0 Å². The molecule has 14 heteroatoms. The minimum atomic E-state index is -1.79. The number of unbranched alkanes of at least 4 members (excludes halogenated alkanes) is 42. The van der Waals surface area contributed by atoms with Crippen molar-refractivity contribution >= 4 is 5.91 Å². The Bertz CT molecular complexity index is 1380. The van der Waals surface area contributed by atoms with Crippen LogP contribution in [0.5, 0.6) is 0 Å². The van der Waals surface area contributed by atoms with Gasteiger partial charge in [0, 0.05) is 6.42 Å². The molecule has 0 aromatic carbocycles. The summed E-state index contributed by atoms with van der Waals surface area (Å²) in [6, 6.07) is -0.910. The number of aliphatic hydroxyl groups is 8. The number of allylic oxidation sites excluding steroid dienone is 1. The first-order valence-electron chi connectivity index (χ1n) is 33.4. The number of carbonyl (C=O) groups excluding carboxylic acids is 1. The van der Waals surface area contributed by atoms with Crippen molar-refractivity contribution in [1.82, 2.24) is 5.32 Å². The molecular formula is C65H125NO13. The van der Waals surface area contributed by atoms with E-state index in [4.69, 9.17) is 18.9 Å². The van der Waals surface area contributed by atoms with E-state index in [0.29, 0.717) is 6.42 Å². The zero-order chi connectivity index (χ0) is 57.4. The van der Waals surface area contributed by atoms with Gasteiger partial charge in [0.25, 0.3) is 0 Å². The lowest BCUT2D eigenvalue weighted by atomic mass is 9.97. The third-order valence-corrected chi connectivity index (χ3v) is 16.7. The van der Waals surface area contributed by atoms with E-state index >= 15 is 0 Å². The monoisotopic (exact) mass is 1130 g/mol. The standard InChI is InChI=1S/C65H125NO13/c1-3-5-7-9-11-13-15-17-19-20-21-22-23-24-25-26-27-28-29-30-31-32-33-34-35-36-38-40-42-44-46-48-54(69)53(66-57(70)49-47-45-43-41-39-37-18-16-14-12-10-8-6-4-2)52-76-64-62(75)60(73)63(56(51-68)78-64)79-65-61(74)59(72)58(71)55(50-67)77-65/h46,48,53-56,58-65,67-69,71-75H,3-45,47,49-52H2,1-2H3,(H,66,70)/b48-46+. The van der Waals surface area contributed by atoms with Gasteiger partial charge in [0.1, 0.15) is 48.8 Å². The summed E-state index contributed by atoms with van der Waals surface area (Å²) in [5, 5.41) is 87.2. The highest BCUT2D eigenvalue weighted by Gasteiger charge is 2.51. The molecule has 0 aromatic heterocycles. The van der Waals surface area contributed by atoms with Crippen LogP contribution >= 0.6 is 0 Å². The SMILES string of the molecule is CCCCCCCCCCCCCCCCCCCCCCCCCCCCCCC/C=C/C(O)C(COC1OC(CO)C(OC2OC(CO)C(O)C(O)C2O)C(O)C1O)NC(=O)CCCCCCCCCCCCCCCC. The van der Waals surface area contributed by atoms with Crippen molar-refractivity contribution in [2.75, 3.05) is 19.8 Å². The molecule has 12 unspecified atom stereocenters. The lowest BCUT2D eigenvalue weighted by Crippen LogP contribution is -2.65. The molecule has 2 saturated heterocycles. The number of amides is 1. The van der Waals surface area contributed by atoms with Crippen molar-refractivity contribution in [3.63, 3.8) is 0 Å². The quantitative estimate of drug-likeness (QED) is 0.0204. The lowest BCUT2D eigenvalue weighted by molar-refractivity contribution is -0.359. The van der Waals surface area contributed by atoms with E-state index < -0.39 is 86.8 Å². The third-order valence-electron chi connectivity index (χ3n) is 16.7. The number of aliphatic hydroxyl groups excluding tert-OH is 8. The highest BCUT2D eigenvalue weighted by atomic mass is 16.7. The van der Waals surface area contributed by atoms with Crippen LogP contribution in [-0.4, -0.2) is 140 Å². The van der Waals surface area contributed by atoms with Gasteiger partial charge in [0.15, 0.2) is 12.6 Å². The van der Waals surface area contributed by atoms with E-state index in [1.807, 2.05) is 6.08 Å². The second-order valence-corrected chi connectivity index (χ2v) is 24.0. The largest absolute Gasteiger partial charge is 0.394 e. The molecule has 2 rings (SSSR count). The highest BCUT2D eigenvalue weighted by Crippen LogP contribution is 2.30. The van der Waals surface area contributed by atoms with Crippen molar-refractivity contribution in [1.29, 1.82) is 0 Å². The Morgan fingerprint density at radius 2 is 0.785 bits per heavy atom. The maximum absolute atomic E-state index is 13.3. The van der Waals surface area contributed by atoms with Crippen LogP contribution in [0.25, 0.3) is 0 Å². The van der Waals surface area contributed by atoms with Gasteiger partial charge in [-0.3, -0.25) is 4.79 Å². The number of hydrogen-bond acceptors (Lipinski definition) is 13. The summed E-state index contributed by atoms with van der Waals surface area (Å²) < 4.78 is 22.8. The number of carbonyl (C=O) groups is 1. The molecule has 468 valence electrons. The normalized spacial score (nSPS) is 24.4. The van der Waals surface area contributed by atoms with Crippen molar-refractivity contribution in [2.45, 2.75) is 376 Å². The zero-order valence-corrected chi connectivity index (χ0v) is 50.6. The molecule has 0 aromatic rings. The molecule has 0 saturated carbocycles. The number of rotatable bonds is 55. The van der Waals surface area contributed by atoms with Crippen LogP contribution in [0.15, 0.2) is 12.2 Å². The van der Waals surface area contributed by atoms with Gasteiger partial charge in [0.05, 0.1) is 32.0 Å². The first-order valence-corrected chi connectivity index (χ1v) is 33.4. The molecule has 0 spiro atoms. The van der Waals surface area contributed by atoms with Gasteiger partial charge in [-0.2, -0.15) is 0 Å². The third kappa shape index (κ3) is 36.2. The van der Waals surface area contributed by atoms with Gasteiger partial charge in [-0.05, 0) is 19.3 Å². The van der Waals surface area contributed by atoms with E-state index in [0.717, 1.165) is 38.5 Å². The van der Waals surface area contributed by atoms with Gasteiger partial charge in [0.2, 0.25) is 5.91 Å². The fourth-order valence-electron chi connectivity index (χ4n) is 11.4. The smallest absolute Gasteiger partial charge is 0.220 e. The van der Waals surface area contributed by atoms with E-state index in [1.165, 1.54) is 238 Å². The molecule has 9 N–H and O–H groups in total. The van der Waals surface area contributed by atoms with E-state index in [-0.39, 0.29) is 18.9 Å². The molecule has 0 aliphatic carbocycles. The second kappa shape index (κ2) is 51.2. The maximum atomic E-state index is 13.3. The Hall–Kier alpha value is -1.27. The Morgan fingerprint density at radius 3 is 1.16 bits per heavy atom. The van der Waals surface area contributed by atoms with Crippen LogP contribution in [-0.2, 0) is 23.7 Å². The number of hydrogen-bond donors (Lipinski definition) is 9. The second-order valence-electron chi connectivity index (χ2n) is 24.0. The molecule has 14 nitrogen and oxygen atoms in total. The maximum Gasteiger partial charge on any atom is 0.220 e. The van der Waals surface area contributed by atoms with Gasteiger partial charge in [-0.1, -0.05) is 289 Å². The zero-order valence-electron chi connectivity index (χ0n) is 50.6. The molecule has 79 heavy (non-hydrogen) atoms. The highest BCUT2D eigenvalue weighted by molar-refractivity contribution is 5.76. The molecule has 12 atom stereocenters. The summed E-state index contributed by atoms with van der Waals surface area (Å²) >= 11 is 0. The van der Waals surface area contributed by atoms with Crippen LogP contribution in [0.2, 0.25) is 0 Å². The Kier molecular flexibility index (Phi) is 47.8. The minimum Gasteiger partial charge on any atom is -0.394 e. The van der Waals surface area contributed by atoms with E-state index in [2.05, 4.69) is 19.2 Å². The van der Waals surface area contributed by atoms with E-state index in [1.54, 1.807) is 6.08 Å². The topological polar surface area (TPSA) is 228 Å². The summed E-state index contributed by atoms with van der Waals surface area (Å²) in [6.45, 7) is 2.84. The van der Waals surface area contributed by atoms with Gasteiger partial charge in [-0.15, -0.1) is 0 Å². The van der Waals surface area contributed by atoms with Crippen molar-refractivity contribution < 1.29 is 64.6 Å². The van der Waals surface area contributed by atoms with Crippen LogP contribution in [0.4, 0.5) is 0 Å². The van der Waals surface area contributed by atoms with Crippen molar-refractivity contribution in [3.05, 3.63) is 12.2 Å². The van der Waals surface area contributed by atoms with Gasteiger partial charge < -0.3 is 65.1 Å². The fourth-order valence-corrected chi connectivity index (χ4v) is 11.4. The van der Waals surface area contributed by atoms with Crippen LogP contribution in [0.1, 0.15) is 303 Å². The molecule has 2 heterocycles. The average Bonchev–Trinajstić information content (AvgIpc) is 3.54. The van der Waals surface area contributed by atoms with Crippen molar-refractivity contribution in [2.24, 2.45) is 0 Å². The minimum absolute atomic E-state index is 0.234. The molecule has 1 amide bonds. The fraction of sp³-hybridized carbons (Fsp3) is 0.954. The molecule has 2 aliphatic heterocycles. The van der Waals surface area contributed by atoms with Crippen LogP contribution < -0.4 is 5.32 Å². The summed E-state index contributed by atoms with van der Waals surface area (Å²) in [5.74, 6) is -0.234. The Morgan fingerprint density at radius 1 is 0.443 bits per heavy atom. The average molecular weight is 1130 g/mol. The number of ether oxygens (including phenoxy) is 4. The van der Waals surface area contributed by atoms with Crippen molar-refractivity contribution in [3.8, 4) is 0 Å². The van der Waals surface area contributed by atoms with E-state index in [9.17, 15) is 45.6 Å². The summed E-state index contributed by atoms with van der Waals surface area (Å²) in [7, 11) is 0. The Labute approximate surface area is 482 Å².